The second-order valence-corrected chi connectivity index (χ2v) is 8.24. The molecular formula is C18H32N4. The van der Waals surface area contributed by atoms with Gasteiger partial charge in [-0.3, -0.25) is 9.58 Å². The fourth-order valence-electron chi connectivity index (χ4n) is 4.15. The Labute approximate surface area is 135 Å². The van der Waals surface area contributed by atoms with Crippen molar-refractivity contribution in [2.24, 2.45) is 13.0 Å². The minimum atomic E-state index is 0.128. The highest BCUT2D eigenvalue weighted by molar-refractivity contribution is 5.24. The van der Waals surface area contributed by atoms with E-state index in [1.54, 1.807) is 0 Å². The van der Waals surface area contributed by atoms with Gasteiger partial charge < -0.3 is 5.32 Å². The predicted molar refractivity (Wildman–Crippen MR) is 90.9 cm³/mol. The highest BCUT2D eigenvalue weighted by Crippen LogP contribution is 2.29. The Morgan fingerprint density at radius 1 is 1.23 bits per heavy atom. The molecule has 2 fully saturated rings. The Kier molecular flexibility index (Phi) is 4.60. The molecule has 1 atom stereocenters. The Hall–Kier alpha value is -0.870. The van der Waals surface area contributed by atoms with Gasteiger partial charge in [-0.1, -0.05) is 20.8 Å². The summed E-state index contributed by atoms with van der Waals surface area (Å²) in [5.74, 6) is 0.898. The van der Waals surface area contributed by atoms with Crippen LogP contribution in [0.5, 0.6) is 0 Å². The molecule has 22 heavy (non-hydrogen) atoms. The quantitative estimate of drug-likeness (QED) is 0.932. The standard InChI is InChI=1S/C18H32N4/c1-18(2,3)17-15(12-21(4)20-17)13-22-10-7-14(8-11-22)16-6-5-9-19-16/h12,14,16,19H,5-11,13H2,1-4H3. The van der Waals surface area contributed by atoms with Gasteiger partial charge in [0.05, 0.1) is 5.69 Å². The molecule has 2 aliphatic heterocycles. The van der Waals surface area contributed by atoms with Gasteiger partial charge in [0.15, 0.2) is 0 Å². The van der Waals surface area contributed by atoms with Crippen molar-refractivity contribution in [3.63, 3.8) is 0 Å². The van der Waals surface area contributed by atoms with Crippen LogP contribution < -0.4 is 5.32 Å². The number of nitrogens with zero attached hydrogens (tertiary/aromatic N) is 3. The van der Waals surface area contributed by atoms with E-state index in [0.29, 0.717) is 0 Å². The second-order valence-electron chi connectivity index (χ2n) is 8.24. The van der Waals surface area contributed by atoms with Crippen molar-refractivity contribution >= 4 is 0 Å². The fourth-order valence-corrected chi connectivity index (χ4v) is 4.15. The SMILES string of the molecule is Cn1cc(CN2CCC(C3CCCN3)CC2)c(C(C)(C)C)n1. The van der Waals surface area contributed by atoms with E-state index in [1.165, 1.54) is 56.6 Å². The molecule has 0 spiro atoms. The van der Waals surface area contributed by atoms with Crippen LogP contribution in [0.1, 0.15) is 57.7 Å². The number of hydrogen-bond donors (Lipinski definition) is 1. The number of aromatic nitrogens is 2. The van der Waals surface area contributed by atoms with Crippen LogP contribution >= 0.6 is 0 Å². The zero-order valence-electron chi connectivity index (χ0n) is 14.7. The number of piperidine rings is 1. The lowest BCUT2D eigenvalue weighted by atomic mass is 9.87. The van der Waals surface area contributed by atoms with E-state index < -0.39 is 0 Å². The number of nitrogens with one attached hydrogen (secondary N) is 1. The van der Waals surface area contributed by atoms with Crippen molar-refractivity contribution in [2.45, 2.75) is 64.5 Å². The molecule has 2 aliphatic rings. The summed E-state index contributed by atoms with van der Waals surface area (Å²) >= 11 is 0. The third-order valence-corrected chi connectivity index (χ3v) is 5.31. The Morgan fingerprint density at radius 2 is 1.95 bits per heavy atom. The molecule has 1 N–H and O–H groups in total. The normalized spacial score (nSPS) is 25.0. The summed E-state index contributed by atoms with van der Waals surface area (Å²) in [5, 5.41) is 8.40. The molecule has 0 amide bonds. The smallest absolute Gasteiger partial charge is 0.0722 e. The van der Waals surface area contributed by atoms with E-state index in [2.05, 4.69) is 37.2 Å². The molecule has 0 bridgehead atoms. The van der Waals surface area contributed by atoms with Gasteiger partial charge in [-0.2, -0.15) is 5.10 Å². The molecule has 0 saturated carbocycles. The molecule has 0 aliphatic carbocycles. The first-order valence-corrected chi connectivity index (χ1v) is 8.92. The largest absolute Gasteiger partial charge is 0.314 e. The maximum atomic E-state index is 4.71. The van der Waals surface area contributed by atoms with E-state index in [4.69, 9.17) is 5.10 Å². The van der Waals surface area contributed by atoms with Crippen LogP contribution in [0.2, 0.25) is 0 Å². The molecule has 0 aromatic carbocycles. The van der Waals surface area contributed by atoms with Crippen LogP contribution in [0.4, 0.5) is 0 Å². The minimum Gasteiger partial charge on any atom is -0.314 e. The van der Waals surface area contributed by atoms with Crippen molar-refractivity contribution in [2.75, 3.05) is 19.6 Å². The molecular weight excluding hydrogens is 272 g/mol. The first kappa shape index (κ1) is 16.0. The van der Waals surface area contributed by atoms with Crippen molar-refractivity contribution in [3.8, 4) is 0 Å². The number of likely N-dealkylation sites (tertiary alicyclic amines) is 1. The highest BCUT2D eigenvalue weighted by atomic mass is 15.3. The van der Waals surface area contributed by atoms with Crippen molar-refractivity contribution in [3.05, 3.63) is 17.5 Å². The van der Waals surface area contributed by atoms with Gasteiger partial charge in [0.1, 0.15) is 0 Å². The molecule has 124 valence electrons. The third kappa shape index (κ3) is 3.54. The van der Waals surface area contributed by atoms with Crippen LogP contribution in [0.3, 0.4) is 0 Å². The van der Waals surface area contributed by atoms with Crippen molar-refractivity contribution in [1.82, 2.24) is 20.0 Å². The first-order chi connectivity index (χ1) is 10.4. The van der Waals surface area contributed by atoms with Crippen LogP contribution in [0.25, 0.3) is 0 Å². The lowest BCUT2D eigenvalue weighted by molar-refractivity contribution is 0.157. The average molecular weight is 304 g/mol. The van der Waals surface area contributed by atoms with Gasteiger partial charge >= 0.3 is 0 Å². The molecule has 1 aromatic heterocycles. The Bertz CT molecular complexity index is 486. The second kappa shape index (κ2) is 6.32. The van der Waals surface area contributed by atoms with Crippen LogP contribution in [0, 0.1) is 5.92 Å². The van der Waals surface area contributed by atoms with Gasteiger partial charge in [-0.15, -0.1) is 0 Å². The molecule has 3 rings (SSSR count). The first-order valence-electron chi connectivity index (χ1n) is 8.92. The van der Waals surface area contributed by atoms with E-state index in [-0.39, 0.29) is 5.41 Å². The lowest BCUT2D eigenvalue weighted by Crippen LogP contribution is -2.40. The van der Waals surface area contributed by atoms with Crippen LogP contribution in [0.15, 0.2) is 6.20 Å². The molecule has 3 heterocycles. The van der Waals surface area contributed by atoms with E-state index in [0.717, 1.165) is 18.5 Å². The number of aryl methyl sites for hydroxylation is 1. The zero-order chi connectivity index (χ0) is 15.7. The van der Waals surface area contributed by atoms with Gasteiger partial charge in [-0.05, 0) is 51.2 Å². The van der Waals surface area contributed by atoms with Crippen molar-refractivity contribution in [1.29, 1.82) is 0 Å². The maximum Gasteiger partial charge on any atom is 0.0722 e. The number of hydrogen-bond acceptors (Lipinski definition) is 3. The van der Waals surface area contributed by atoms with E-state index in [1.807, 2.05) is 11.7 Å². The van der Waals surface area contributed by atoms with Gasteiger partial charge in [0, 0.05) is 36.8 Å². The van der Waals surface area contributed by atoms with Crippen molar-refractivity contribution < 1.29 is 0 Å². The summed E-state index contributed by atoms with van der Waals surface area (Å²) in [4.78, 5) is 2.62. The topological polar surface area (TPSA) is 33.1 Å². The van der Waals surface area contributed by atoms with Gasteiger partial charge in [-0.25, -0.2) is 0 Å². The fraction of sp³-hybridized carbons (Fsp3) is 0.833. The predicted octanol–water partition coefficient (Wildman–Crippen LogP) is 2.68. The summed E-state index contributed by atoms with van der Waals surface area (Å²) in [6, 6.07) is 0.797. The summed E-state index contributed by atoms with van der Waals surface area (Å²) in [7, 11) is 2.04. The Morgan fingerprint density at radius 3 is 2.55 bits per heavy atom. The summed E-state index contributed by atoms with van der Waals surface area (Å²) in [5.41, 5.74) is 2.80. The monoisotopic (exact) mass is 304 g/mol. The van der Waals surface area contributed by atoms with Gasteiger partial charge in [0.2, 0.25) is 0 Å². The number of rotatable bonds is 3. The third-order valence-electron chi connectivity index (χ3n) is 5.31. The molecule has 0 radical (unpaired) electrons. The summed E-state index contributed by atoms with van der Waals surface area (Å²) in [6.45, 7) is 11.5. The minimum absolute atomic E-state index is 0.128. The molecule has 1 aromatic rings. The molecule has 1 unspecified atom stereocenters. The maximum absolute atomic E-state index is 4.71. The molecule has 4 heteroatoms. The zero-order valence-corrected chi connectivity index (χ0v) is 14.7. The Balaban J connectivity index is 1.59. The van der Waals surface area contributed by atoms with E-state index >= 15 is 0 Å². The summed E-state index contributed by atoms with van der Waals surface area (Å²) in [6.07, 6.45) is 7.67. The van der Waals surface area contributed by atoms with E-state index in [9.17, 15) is 0 Å². The summed E-state index contributed by atoms with van der Waals surface area (Å²) < 4.78 is 1.98. The van der Waals surface area contributed by atoms with Crippen LogP contribution in [-0.2, 0) is 19.0 Å². The van der Waals surface area contributed by atoms with Crippen LogP contribution in [-0.4, -0.2) is 40.4 Å². The molecule has 2 saturated heterocycles. The highest BCUT2D eigenvalue weighted by Gasteiger charge is 2.29. The lowest BCUT2D eigenvalue weighted by Gasteiger charge is -2.35. The molecule has 4 nitrogen and oxygen atoms in total. The van der Waals surface area contributed by atoms with Gasteiger partial charge in [0.25, 0.3) is 0 Å². The average Bonchev–Trinajstić information content (AvgIpc) is 3.09.